The zero-order chi connectivity index (χ0) is 13.9. The number of hydrogen-bond donors (Lipinski definition) is 1. The van der Waals surface area contributed by atoms with Gasteiger partial charge in [0.25, 0.3) is 0 Å². The topological polar surface area (TPSA) is 68.5 Å². The molecule has 0 aliphatic carbocycles. The minimum atomic E-state index is 0.213. The van der Waals surface area contributed by atoms with Crippen LogP contribution in [0, 0.1) is 6.92 Å². The Morgan fingerprint density at radius 1 is 1.35 bits per heavy atom. The highest BCUT2D eigenvalue weighted by atomic mass is 32.1. The van der Waals surface area contributed by atoms with Gasteiger partial charge in [0.1, 0.15) is 6.33 Å². The molecule has 1 atom stereocenters. The number of aromatic nitrogens is 5. The first-order valence-electron chi connectivity index (χ1n) is 6.23. The van der Waals surface area contributed by atoms with Gasteiger partial charge in [-0.15, -0.1) is 16.4 Å². The monoisotopic (exact) mass is 286 g/mol. The molecule has 0 saturated heterocycles. The Labute approximate surface area is 120 Å². The summed E-state index contributed by atoms with van der Waals surface area (Å²) >= 11 is 1.65. The van der Waals surface area contributed by atoms with Gasteiger partial charge in [0.2, 0.25) is 0 Å². The number of tetrazole rings is 1. The molecule has 3 rings (SSSR count). The molecule has 102 valence electrons. The molecule has 0 aliphatic heterocycles. The maximum atomic E-state index is 4.11. The maximum absolute atomic E-state index is 4.11. The van der Waals surface area contributed by atoms with Crippen LogP contribution in [0.3, 0.4) is 0 Å². The first-order valence-corrected chi connectivity index (χ1v) is 7.11. The Morgan fingerprint density at radius 3 is 2.95 bits per heavy atom. The van der Waals surface area contributed by atoms with E-state index in [0.717, 1.165) is 11.4 Å². The fourth-order valence-electron chi connectivity index (χ4n) is 1.93. The molecule has 0 saturated carbocycles. The van der Waals surface area contributed by atoms with Gasteiger partial charge in [-0.1, -0.05) is 6.07 Å². The first kappa shape index (κ1) is 12.7. The van der Waals surface area contributed by atoms with Crippen LogP contribution in [0.1, 0.15) is 23.4 Å². The lowest BCUT2D eigenvalue weighted by molar-refractivity contribution is 0.788. The van der Waals surface area contributed by atoms with Crippen molar-refractivity contribution in [1.82, 2.24) is 25.2 Å². The fourth-order valence-corrected chi connectivity index (χ4v) is 2.56. The number of anilines is 1. The van der Waals surface area contributed by atoms with Crippen molar-refractivity contribution in [2.75, 3.05) is 5.32 Å². The summed E-state index contributed by atoms with van der Waals surface area (Å²) in [6.45, 7) is 4.20. The molecule has 1 aromatic carbocycles. The van der Waals surface area contributed by atoms with Crippen molar-refractivity contribution in [1.29, 1.82) is 0 Å². The van der Waals surface area contributed by atoms with Crippen LogP contribution >= 0.6 is 11.3 Å². The molecule has 0 amide bonds. The Morgan fingerprint density at radius 2 is 2.25 bits per heavy atom. The van der Waals surface area contributed by atoms with Crippen molar-refractivity contribution >= 4 is 17.0 Å². The minimum absolute atomic E-state index is 0.213. The van der Waals surface area contributed by atoms with E-state index in [1.165, 1.54) is 10.4 Å². The summed E-state index contributed by atoms with van der Waals surface area (Å²) in [6.07, 6.45) is 3.48. The number of rotatable bonds is 4. The fraction of sp³-hybridized carbons (Fsp3) is 0.231. The molecule has 2 heterocycles. The van der Waals surface area contributed by atoms with Crippen molar-refractivity contribution < 1.29 is 0 Å². The van der Waals surface area contributed by atoms with Gasteiger partial charge >= 0.3 is 0 Å². The summed E-state index contributed by atoms with van der Waals surface area (Å²) in [5.74, 6) is 0. The average Bonchev–Trinajstić information content (AvgIpc) is 3.14. The number of aryl methyl sites for hydroxylation is 1. The smallest absolute Gasteiger partial charge is 0.143 e. The highest BCUT2D eigenvalue weighted by molar-refractivity contribution is 7.09. The van der Waals surface area contributed by atoms with Gasteiger partial charge in [-0.25, -0.2) is 4.68 Å². The molecule has 0 radical (unpaired) electrons. The largest absolute Gasteiger partial charge is 0.377 e. The second kappa shape index (κ2) is 5.38. The quantitative estimate of drug-likeness (QED) is 0.798. The van der Waals surface area contributed by atoms with E-state index >= 15 is 0 Å². The number of nitrogens with zero attached hydrogens (tertiary/aromatic N) is 5. The standard InChI is InChI=1S/C13H14N6S/c1-9-3-4-11(19-7-15-17-18-19)5-12(9)16-10(2)13-6-14-8-20-13/h3-8,10,16H,1-2H3. The van der Waals surface area contributed by atoms with Crippen molar-refractivity contribution in [3.05, 3.63) is 46.7 Å². The number of hydrogen-bond acceptors (Lipinski definition) is 6. The molecule has 3 aromatic rings. The lowest BCUT2D eigenvalue weighted by atomic mass is 10.1. The SMILES string of the molecule is Cc1ccc(-n2cnnn2)cc1NC(C)c1cncs1. The van der Waals surface area contributed by atoms with Crippen LogP contribution in [0.2, 0.25) is 0 Å². The molecule has 6 nitrogen and oxygen atoms in total. The highest BCUT2D eigenvalue weighted by Crippen LogP contribution is 2.25. The van der Waals surface area contributed by atoms with Gasteiger partial charge in [0, 0.05) is 16.8 Å². The third kappa shape index (κ3) is 2.53. The first-order chi connectivity index (χ1) is 9.74. The Balaban J connectivity index is 1.87. The maximum Gasteiger partial charge on any atom is 0.143 e. The molecule has 1 unspecified atom stereocenters. The van der Waals surface area contributed by atoms with Gasteiger partial charge in [-0.3, -0.25) is 4.98 Å². The van der Waals surface area contributed by atoms with E-state index in [1.54, 1.807) is 22.3 Å². The predicted octanol–water partition coefficient (Wildman–Crippen LogP) is 2.60. The number of thiazole rings is 1. The van der Waals surface area contributed by atoms with Crippen LogP contribution in [-0.2, 0) is 0 Å². The lowest BCUT2D eigenvalue weighted by Gasteiger charge is -2.16. The van der Waals surface area contributed by atoms with Crippen LogP contribution in [0.5, 0.6) is 0 Å². The third-order valence-corrected chi connectivity index (χ3v) is 4.04. The van der Waals surface area contributed by atoms with Crippen molar-refractivity contribution in [3.8, 4) is 5.69 Å². The summed E-state index contributed by atoms with van der Waals surface area (Å²) < 4.78 is 1.64. The van der Waals surface area contributed by atoms with Gasteiger partial charge in [-0.05, 0) is 42.0 Å². The Bertz CT molecular complexity index is 677. The lowest BCUT2D eigenvalue weighted by Crippen LogP contribution is -2.07. The molecule has 0 fully saturated rings. The van der Waals surface area contributed by atoms with Crippen LogP contribution in [0.25, 0.3) is 5.69 Å². The normalized spacial score (nSPS) is 12.3. The van der Waals surface area contributed by atoms with E-state index in [0.29, 0.717) is 0 Å². The number of nitrogens with one attached hydrogen (secondary N) is 1. The average molecular weight is 286 g/mol. The van der Waals surface area contributed by atoms with E-state index in [4.69, 9.17) is 0 Å². The predicted molar refractivity (Wildman–Crippen MR) is 78.0 cm³/mol. The summed E-state index contributed by atoms with van der Waals surface area (Å²) in [7, 11) is 0. The van der Waals surface area contributed by atoms with E-state index in [1.807, 2.05) is 23.8 Å². The van der Waals surface area contributed by atoms with Gasteiger partial charge in [-0.2, -0.15) is 0 Å². The highest BCUT2D eigenvalue weighted by Gasteiger charge is 2.09. The molecular weight excluding hydrogens is 272 g/mol. The van der Waals surface area contributed by atoms with Crippen molar-refractivity contribution in [2.24, 2.45) is 0 Å². The van der Waals surface area contributed by atoms with Crippen LogP contribution in [0.15, 0.2) is 36.2 Å². The van der Waals surface area contributed by atoms with Crippen molar-refractivity contribution in [2.45, 2.75) is 19.9 Å². The molecule has 20 heavy (non-hydrogen) atoms. The molecule has 0 aliphatic rings. The molecule has 0 bridgehead atoms. The van der Waals surface area contributed by atoms with Crippen LogP contribution in [-0.4, -0.2) is 25.2 Å². The van der Waals surface area contributed by atoms with Gasteiger partial charge < -0.3 is 5.32 Å². The number of benzene rings is 1. The van der Waals surface area contributed by atoms with Gasteiger partial charge in [0.05, 0.1) is 17.2 Å². The third-order valence-electron chi connectivity index (χ3n) is 3.08. The van der Waals surface area contributed by atoms with Crippen LogP contribution in [0.4, 0.5) is 5.69 Å². The molecule has 0 spiro atoms. The van der Waals surface area contributed by atoms with Crippen LogP contribution < -0.4 is 5.32 Å². The summed E-state index contributed by atoms with van der Waals surface area (Å²) in [6, 6.07) is 6.31. The molecule has 2 aromatic heterocycles. The Hall–Kier alpha value is -2.28. The minimum Gasteiger partial charge on any atom is -0.377 e. The summed E-state index contributed by atoms with van der Waals surface area (Å²) in [5.41, 5.74) is 5.02. The summed E-state index contributed by atoms with van der Waals surface area (Å²) in [4.78, 5) is 5.32. The van der Waals surface area contributed by atoms with Gasteiger partial charge in [0.15, 0.2) is 0 Å². The van der Waals surface area contributed by atoms with E-state index in [9.17, 15) is 0 Å². The van der Waals surface area contributed by atoms with Crippen molar-refractivity contribution in [3.63, 3.8) is 0 Å². The van der Waals surface area contributed by atoms with E-state index in [2.05, 4.69) is 45.7 Å². The molecule has 7 heteroatoms. The zero-order valence-electron chi connectivity index (χ0n) is 11.2. The summed E-state index contributed by atoms with van der Waals surface area (Å²) in [5, 5.41) is 14.7. The van der Waals surface area contributed by atoms with E-state index < -0.39 is 0 Å². The molecular formula is C13H14N6S. The molecule has 1 N–H and O–H groups in total. The van der Waals surface area contributed by atoms with E-state index in [-0.39, 0.29) is 6.04 Å². The second-order valence-corrected chi connectivity index (χ2v) is 5.44. The second-order valence-electron chi connectivity index (χ2n) is 4.52. The Kier molecular flexibility index (Phi) is 3.42. The zero-order valence-corrected chi connectivity index (χ0v) is 12.0.